The van der Waals surface area contributed by atoms with E-state index in [0.717, 1.165) is 24.4 Å². The standard InChI is InChI=1S/C11H19N3OS/c1-8-7-9(2)14-11(13-8)12-6-5-10(3)16(4)15/h7,10H,5-6H2,1-4H3,(H,12,13,14). The van der Waals surface area contributed by atoms with Crippen LogP contribution < -0.4 is 5.32 Å². The summed E-state index contributed by atoms with van der Waals surface area (Å²) in [6, 6.07) is 1.94. The first kappa shape index (κ1) is 13.1. The van der Waals surface area contributed by atoms with Crippen molar-refractivity contribution in [2.45, 2.75) is 32.4 Å². The third kappa shape index (κ3) is 4.26. The Labute approximate surface area is 99.3 Å². The molecule has 16 heavy (non-hydrogen) atoms. The van der Waals surface area contributed by atoms with Crippen LogP contribution in [0, 0.1) is 13.8 Å². The van der Waals surface area contributed by atoms with Gasteiger partial charge in [0.25, 0.3) is 0 Å². The fourth-order valence-corrected chi connectivity index (χ4v) is 1.81. The van der Waals surface area contributed by atoms with Gasteiger partial charge in [0.1, 0.15) is 0 Å². The van der Waals surface area contributed by atoms with Gasteiger partial charge in [-0.1, -0.05) is 6.92 Å². The number of hydrogen-bond acceptors (Lipinski definition) is 4. The fourth-order valence-electron chi connectivity index (χ4n) is 1.36. The third-order valence-corrected chi connectivity index (χ3v) is 3.75. The Morgan fingerprint density at radius 3 is 2.44 bits per heavy atom. The van der Waals surface area contributed by atoms with Crippen LogP contribution in [-0.4, -0.2) is 32.2 Å². The number of nitrogens with zero attached hydrogens (tertiary/aromatic N) is 2. The molecular formula is C11H19N3OS. The highest BCUT2D eigenvalue weighted by Crippen LogP contribution is 2.05. The number of aryl methyl sites for hydroxylation is 2. The molecule has 0 aliphatic carbocycles. The van der Waals surface area contributed by atoms with Gasteiger partial charge in [-0.25, -0.2) is 9.97 Å². The van der Waals surface area contributed by atoms with Gasteiger partial charge in [0, 0.05) is 40.2 Å². The van der Waals surface area contributed by atoms with Gasteiger partial charge in [0.05, 0.1) is 0 Å². The molecule has 0 saturated carbocycles. The average molecular weight is 241 g/mol. The molecule has 1 N–H and O–H groups in total. The molecule has 1 aromatic heterocycles. The van der Waals surface area contributed by atoms with Gasteiger partial charge in [-0.15, -0.1) is 0 Å². The maximum atomic E-state index is 11.1. The van der Waals surface area contributed by atoms with Crippen LogP contribution in [0.2, 0.25) is 0 Å². The van der Waals surface area contributed by atoms with E-state index in [4.69, 9.17) is 0 Å². The van der Waals surface area contributed by atoms with Crippen molar-refractivity contribution in [1.82, 2.24) is 9.97 Å². The lowest BCUT2D eigenvalue weighted by molar-refractivity contribution is 0.672. The molecule has 0 bridgehead atoms. The molecule has 90 valence electrons. The van der Waals surface area contributed by atoms with Crippen LogP contribution in [0.1, 0.15) is 24.7 Å². The largest absolute Gasteiger partial charge is 0.354 e. The van der Waals surface area contributed by atoms with Crippen LogP contribution in [0.4, 0.5) is 5.95 Å². The number of hydrogen-bond donors (Lipinski definition) is 1. The molecular weight excluding hydrogens is 222 g/mol. The topological polar surface area (TPSA) is 54.9 Å². The van der Waals surface area contributed by atoms with E-state index >= 15 is 0 Å². The quantitative estimate of drug-likeness (QED) is 0.852. The van der Waals surface area contributed by atoms with Crippen LogP contribution in [0.3, 0.4) is 0 Å². The SMILES string of the molecule is Cc1cc(C)nc(NCCC(C)S(C)=O)n1. The molecule has 2 unspecified atom stereocenters. The van der Waals surface area contributed by atoms with E-state index in [-0.39, 0.29) is 5.25 Å². The van der Waals surface area contributed by atoms with Gasteiger partial charge in [-0.05, 0) is 26.3 Å². The first-order valence-electron chi connectivity index (χ1n) is 5.37. The number of nitrogens with one attached hydrogen (secondary N) is 1. The van der Waals surface area contributed by atoms with E-state index in [9.17, 15) is 4.21 Å². The molecule has 5 heteroatoms. The van der Waals surface area contributed by atoms with Crippen LogP contribution in [0.25, 0.3) is 0 Å². The van der Waals surface area contributed by atoms with Crippen LogP contribution in [0.5, 0.6) is 0 Å². The average Bonchev–Trinajstić information content (AvgIpc) is 2.15. The number of rotatable bonds is 5. The van der Waals surface area contributed by atoms with Crippen LogP contribution >= 0.6 is 0 Å². The Kier molecular flexibility index (Phi) is 4.86. The third-order valence-electron chi connectivity index (χ3n) is 2.38. The van der Waals surface area contributed by atoms with Crippen molar-refractivity contribution in [1.29, 1.82) is 0 Å². The highest BCUT2D eigenvalue weighted by Gasteiger charge is 2.06. The predicted molar refractivity (Wildman–Crippen MR) is 68.1 cm³/mol. The second-order valence-corrected chi connectivity index (χ2v) is 5.80. The summed E-state index contributed by atoms with van der Waals surface area (Å²) in [5, 5.41) is 3.36. The highest BCUT2D eigenvalue weighted by atomic mass is 32.2. The normalized spacial score (nSPS) is 14.5. The Balaban J connectivity index is 2.46. The molecule has 0 aliphatic heterocycles. The second-order valence-electron chi connectivity index (χ2n) is 4.00. The molecule has 0 aromatic carbocycles. The first-order valence-corrected chi connectivity index (χ1v) is 6.99. The van der Waals surface area contributed by atoms with Gasteiger partial charge in [0.2, 0.25) is 5.95 Å². The summed E-state index contributed by atoms with van der Waals surface area (Å²) in [7, 11) is -0.758. The number of anilines is 1. The second kappa shape index (κ2) is 5.94. The Hall–Kier alpha value is -0.970. The summed E-state index contributed by atoms with van der Waals surface area (Å²) in [6.07, 6.45) is 2.59. The van der Waals surface area contributed by atoms with Crippen molar-refractivity contribution in [2.75, 3.05) is 18.1 Å². The fraction of sp³-hybridized carbons (Fsp3) is 0.636. The molecule has 0 saturated heterocycles. The van der Waals surface area contributed by atoms with Gasteiger partial charge in [-0.3, -0.25) is 4.21 Å². The highest BCUT2D eigenvalue weighted by molar-refractivity contribution is 7.84. The maximum absolute atomic E-state index is 11.1. The van der Waals surface area contributed by atoms with Crippen molar-refractivity contribution in [2.24, 2.45) is 0 Å². The summed E-state index contributed by atoms with van der Waals surface area (Å²) in [6.45, 7) is 6.64. The monoisotopic (exact) mass is 241 g/mol. The van der Waals surface area contributed by atoms with Crippen molar-refractivity contribution < 1.29 is 4.21 Å². The number of aromatic nitrogens is 2. The minimum Gasteiger partial charge on any atom is -0.354 e. The molecule has 4 nitrogen and oxygen atoms in total. The molecule has 1 heterocycles. The van der Waals surface area contributed by atoms with E-state index in [2.05, 4.69) is 15.3 Å². The van der Waals surface area contributed by atoms with E-state index in [1.54, 1.807) is 6.26 Å². The smallest absolute Gasteiger partial charge is 0.223 e. The summed E-state index contributed by atoms with van der Waals surface area (Å²) in [5.74, 6) is 0.659. The molecule has 2 atom stereocenters. The van der Waals surface area contributed by atoms with Crippen molar-refractivity contribution in [3.05, 3.63) is 17.5 Å². The van der Waals surface area contributed by atoms with Gasteiger partial charge >= 0.3 is 0 Å². The predicted octanol–water partition coefficient (Wildman–Crippen LogP) is 1.66. The lowest BCUT2D eigenvalue weighted by Gasteiger charge is -2.09. The van der Waals surface area contributed by atoms with E-state index in [0.29, 0.717) is 5.95 Å². The van der Waals surface area contributed by atoms with Gasteiger partial charge in [-0.2, -0.15) is 0 Å². The zero-order valence-electron chi connectivity index (χ0n) is 10.3. The molecule has 0 amide bonds. The molecule has 1 rings (SSSR count). The molecule has 0 radical (unpaired) electrons. The zero-order valence-corrected chi connectivity index (χ0v) is 11.1. The van der Waals surface area contributed by atoms with Gasteiger partial charge < -0.3 is 5.32 Å². The first-order chi connectivity index (χ1) is 7.49. The molecule has 1 aromatic rings. The lowest BCUT2D eigenvalue weighted by atomic mass is 10.3. The summed E-state index contributed by atoms with van der Waals surface area (Å²) < 4.78 is 11.1. The van der Waals surface area contributed by atoms with Crippen molar-refractivity contribution in [3.63, 3.8) is 0 Å². The summed E-state index contributed by atoms with van der Waals surface area (Å²) in [4.78, 5) is 8.56. The Bertz CT molecular complexity index is 361. The zero-order chi connectivity index (χ0) is 12.1. The summed E-state index contributed by atoms with van der Waals surface area (Å²) >= 11 is 0. The lowest BCUT2D eigenvalue weighted by Crippen LogP contribution is -2.16. The molecule has 0 spiro atoms. The van der Waals surface area contributed by atoms with Crippen LogP contribution in [-0.2, 0) is 10.8 Å². The van der Waals surface area contributed by atoms with Crippen molar-refractivity contribution in [3.8, 4) is 0 Å². The van der Waals surface area contributed by atoms with E-state index in [1.165, 1.54) is 0 Å². The molecule has 0 fully saturated rings. The minimum atomic E-state index is -0.758. The summed E-state index contributed by atoms with van der Waals surface area (Å²) in [5.41, 5.74) is 1.92. The van der Waals surface area contributed by atoms with E-state index in [1.807, 2.05) is 26.8 Å². The van der Waals surface area contributed by atoms with Crippen molar-refractivity contribution >= 4 is 16.7 Å². The van der Waals surface area contributed by atoms with E-state index < -0.39 is 10.8 Å². The Morgan fingerprint density at radius 1 is 1.38 bits per heavy atom. The molecule has 0 aliphatic rings. The Morgan fingerprint density at radius 2 is 1.94 bits per heavy atom. The van der Waals surface area contributed by atoms with Gasteiger partial charge in [0.15, 0.2) is 0 Å². The minimum absolute atomic E-state index is 0.207. The maximum Gasteiger partial charge on any atom is 0.223 e. The van der Waals surface area contributed by atoms with Crippen LogP contribution in [0.15, 0.2) is 6.07 Å².